The molecule has 1 aromatic heterocycles. The summed E-state index contributed by atoms with van der Waals surface area (Å²) in [6.07, 6.45) is 0.786. The van der Waals surface area contributed by atoms with Crippen LogP contribution in [-0.4, -0.2) is 17.5 Å². The zero-order chi connectivity index (χ0) is 15.4. The van der Waals surface area contributed by atoms with Crippen LogP contribution >= 0.6 is 11.6 Å². The van der Waals surface area contributed by atoms with E-state index in [1.54, 1.807) is 12.1 Å². The molecule has 0 saturated carbocycles. The third kappa shape index (κ3) is 3.83. The summed E-state index contributed by atoms with van der Waals surface area (Å²) in [5.74, 6) is 1.53. The van der Waals surface area contributed by atoms with Gasteiger partial charge in [0.15, 0.2) is 0 Å². The minimum absolute atomic E-state index is 0.104. The number of nitro benzene ring substituents is 1. The van der Waals surface area contributed by atoms with Crippen LogP contribution in [0.15, 0.2) is 34.7 Å². The Morgan fingerprint density at radius 1 is 1.38 bits per heavy atom. The Kier molecular flexibility index (Phi) is 4.98. The number of nitro groups is 1. The zero-order valence-corrected chi connectivity index (χ0v) is 12.7. The largest absolute Gasteiger partial charge is 0.461 e. The van der Waals surface area contributed by atoms with E-state index in [1.807, 2.05) is 12.1 Å². The molecule has 0 bridgehead atoms. The van der Waals surface area contributed by atoms with Crippen LogP contribution < -0.4 is 5.32 Å². The minimum atomic E-state index is -0.502. The van der Waals surface area contributed by atoms with E-state index in [0.717, 1.165) is 24.3 Å². The topological polar surface area (TPSA) is 68.3 Å². The molecule has 0 fully saturated rings. The second-order valence-electron chi connectivity index (χ2n) is 4.85. The monoisotopic (exact) mass is 308 g/mol. The standard InChI is InChI=1S/C15H17ClN2O3/c1-3-17-10(2)8-12-5-7-15(21-12)11-4-6-14(18(19)20)13(16)9-11/h4-7,9-10,17H,3,8H2,1-2H3. The van der Waals surface area contributed by atoms with Crippen molar-refractivity contribution < 1.29 is 9.34 Å². The SMILES string of the molecule is CCNC(C)Cc1ccc(-c2ccc([N+](=O)[O-])c(Cl)c2)o1. The molecule has 0 saturated heterocycles. The molecule has 0 radical (unpaired) electrons. The summed E-state index contributed by atoms with van der Waals surface area (Å²) < 4.78 is 5.77. The third-order valence-electron chi connectivity index (χ3n) is 3.15. The fourth-order valence-corrected chi connectivity index (χ4v) is 2.42. The Morgan fingerprint density at radius 3 is 2.76 bits per heavy atom. The van der Waals surface area contributed by atoms with Gasteiger partial charge in [-0.05, 0) is 37.7 Å². The van der Waals surface area contributed by atoms with Crippen LogP contribution in [0, 0.1) is 10.1 Å². The Hall–Kier alpha value is -1.85. The van der Waals surface area contributed by atoms with Crippen molar-refractivity contribution in [2.75, 3.05) is 6.54 Å². The first-order chi connectivity index (χ1) is 10.0. The molecule has 5 nitrogen and oxygen atoms in total. The second kappa shape index (κ2) is 6.74. The number of rotatable bonds is 6. The summed E-state index contributed by atoms with van der Waals surface area (Å²) in [7, 11) is 0. The molecule has 1 heterocycles. The normalized spacial score (nSPS) is 12.3. The highest BCUT2D eigenvalue weighted by Crippen LogP contribution is 2.31. The molecule has 0 spiro atoms. The van der Waals surface area contributed by atoms with Crippen LogP contribution in [0.5, 0.6) is 0 Å². The molecule has 6 heteroatoms. The Labute approximate surface area is 128 Å². The van der Waals surface area contributed by atoms with Crippen LogP contribution in [0.3, 0.4) is 0 Å². The summed E-state index contributed by atoms with van der Waals surface area (Å²) in [6.45, 7) is 5.06. The molecule has 1 atom stereocenters. The van der Waals surface area contributed by atoms with Crippen molar-refractivity contribution in [2.45, 2.75) is 26.3 Å². The minimum Gasteiger partial charge on any atom is -0.461 e. The molecule has 21 heavy (non-hydrogen) atoms. The van der Waals surface area contributed by atoms with Crippen LogP contribution in [0.25, 0.3) is 11.3 Å². The summed E-state index contributed by atoms with van der Waals surface area (Å²) in [6, 6.07) is 8.68. The van der Waals surface area contributed by atoms with Gasteiger partial charge in [0, 0.05) is 24.1 Å². The lowest BCUT2D eigenvalue weighted by Crippen LogP contribution is -2.27. The second-order valence-corrected chi connectivity index (χ2v) is 5.26. The predicted molar refractivity (Wildman–Crippen MR) is 82.7 cm³/mol. The lowest BCUT2D eigenvalue weighted by molar-refractivity contribution is -0.384. The van der Waals surface area contributed by atoms with Gasteiger partial charge < -0.3 is 9.73 Å². The Balaban J connectivity index is 2.18. The van der Waals surface area contributed by atoms with Crippen LogP contribution in [0.2, 0.25) is 5.02 Å². The van der Waals surface area contributed by atoms with Crippen LogP contribution in [0.4, 0.5) is 5.69 Å². The summed E-state index contributed by atoms with van der Waals surface area (Å²) >= 11 is 5.91. The van der Waals surface area contributed by atoms with E-state index in [0.29, 0.717) is 11.8 Å². The number of likely N-dealkylation sites (N-methyl/N-ethyl adjacent to an activating group) is 1. The fraction of sp³-hybridized carbons (Fsp3) is 0.333. The fourth-order valence-electron chi connectivity index (χ4n) is 2.17. The van der Waals surface area contributed by atoms with Gasteiger partial charge in [0.25, 0.3) is 5.69 Å². The maximum absolute atomic E-state index is 10.7. The zero-order valence-electron chi connectivity index (χ0n) is 11.9. The molecule has 0 aliphatic rings. The van der Waals surface area contributed by atoms with Gasteiger partial charge in [-0.25, -0.2) is 0 Å². The van der Waals surface area contributed by atoms with Crippen LogP contribution in [-0.2, 0) is 6.42 Å². The van der Waals surface area contributed by atoms with E-state index < -0.39 is 4.92 Å². The summed E-state index contributed by atoms with van der Waals surface area (Å²) in [4.78, 5) is 10.2. The van der Waals surface area contributed by atoms with Crippen molar-refractivity contribution >= 4 is 17.3 Å². The molecule has 1 aromatic carbocycles. The highest BCUT2D eigenvalue weighted by molar-refractivity contribution is 6.32. The Morgan fingerprint density at radius 2 is 2.14 bits per heavy atom. The molecule has 0 aliphatic carbocycles. The van der Waals surface area contributed by atoms with E-state index in [-0.39, 0.29) is 10.7 Å². The van der Waals surface area contributed by atoms with Gasteiger partial charge in [-0.3, -0.25) is 10.1 Å². The highest BCUT2D eigenvalue weighted by Gasteiger charge is 2.14. The van der Waals surface area contributed by atoms with Crippen molar-refractivity contribution in [3.63, 3.8) is 0 Å². The molecular weight excluding hydrogens is 292 g/mol. The van der Waals surface area contributed by atoms with Crippen molar-refractivity contribution in [3.8, 4) is 11.3 Å². The van der Waals surface area contributed by atoms with Gasteiger partial charge >= 0.3 is 0 Å². The molecule has 2 rings (SSSR count). The van der Waals surface area contributed by atoms with E-state index in [2.05, 4.69) is 19.2 Å². The van der Waals surface area contributed by atoms with E-state index in [9.17, 15) is 10.1 Å². The number of hydrogen-bond donors (Lipinski definition) is 1. The Bertz CT molecular complexity index is 640. The first-order valence-electron chi connectivity index (χ1n) is 6.77. The summed E-state index contributed by atoms with van der Waals surface area (Å²) in [5, 5.41) is 14.2. The number of nitrogens with zero attached hydrogens (tertiary/aromatic N) is 1. The number of nitrogens with one attached hydrogen (secondary N) is 1. The molecular formula is C15H17ClN2O3. The van der Waals surface area contributed by atoms with E-state index >= 15 is 0 Å². The quantitative estimate of drug-likeness (QED) is 0.645. The highest BCUT2D eigenvalue weighted by atomic mass is 35.5. The lowest BCUT2D eigenvalue weighted by Gasteiger charge is -2.09. The van der Waals surface area contributed by atoms with Crippen molar-refractivity contribution in [1.29, 1.82) is 0 Å². The molecule has 0 amide bonds. The van der Waals surface area contributed by atoms with E-state index in [1.165, 1.54) is 6.07 Å². The lowest BCUT2D eigenvalue weighted by atomic mass is 10.1. The number of hydrogen-bond acceptors (Lipinski definition) is 4. The molecule has 2 aromatic rings. The van der Waals surface area contributed by atoms with Gasteiger partial charge in [-0.2, -0.15) is 0 Å². The number of furan rings is 1. The smallest absolute Gasteiger partial charge is 0.287 e. The average Bonchev–Trinajstić information content (AvgIpc) is 2.86. The summed E-state index contributed by atoms with van der Waals surface area (Å²) in [5.41, 5.74) is 0.626. The van der Waals surface area contributed by atoms with Gasteiger partial charge in [-0.15, -0.1) is 0 Å². The molecule has 1 N–H and O–H groups in total. The van der Waals surface area contributed by atoms with Gasteiger partial charge in [0.1, 0.15) is 16.5 Å². The number of halogens is 1. The predicted octanol–water partition coefficient (Wildman–Crippen LogP) is 4.05. The molecule has 1 unspecified atom stereocenters. The first kappa shape index (κ1) is 15.5. The van der Waals surface area contributed by atoms with Gasteiger partial charge in [0.2, 0.25) is 0 Å². The number of benzene rings is 1. The molecule has 0 aliphatic heterocycles. The van der Waals surface area contributed by atoms with E-state index in [4.69, 9.17) is 16.0 Å². The van der Waals surface area contributed by atoms with Crippen molar-refractivity contribution in [2.24, 2.45) is 0 Å². The average molecular weight is 309 g/mol. The van der Waals surface area contributed by atoms with Crippen LogP contribution in [0.1, 0.15) is 19.6 Å². The third-order valence-corrected chi connectivity index (χ3v) is 3.45. The van der Waals surface area contributed by atoms with Crippen molar-refractivity contribution in [1.82, 2.24) is 5.32 Å². The van der Waals surface area contributed by atoms with Gasteiger partial charge in [-0.1, -0.05) is 18.5 Å². The van der Waals surface area contributed by atoms with Gasteiger partial charge in [0.05, 0.1) is 4.92 Å². The first-order valence-corrected chi connectivity index (χ1v) is 7.15. The van der Waals surface area contributed by atoms with Crippen molar-refractivity contribution in [3.05, 3.63) is 51.2 Å². The molecule has 112 valence electrons. The maximum atomic E-state index is 10.7. The maximum Gasteiger partial charge on any atom is 0.287 e.